The molecule has 6 heteroatoms. The fourth-order valence-corrected chi connectivity index (χ4v) is 5.09. The molecule has 5 heterocycles. The van der Waals surface area contributed by atoms with Gasteiger partial charge in [-0.25, -0.2) is 9.97 Å². The van der Waals surface area contributed by atoms with Gasteiger partial charge in [-0.3, -0.25) is 14.3 Å². The Balaban J connectivity index is 1.28. The van der Waals surface area contributed by atoms with Gasteiger partial charge < -0.3 is 4.90 Å². The van der Waals surface area contributed by atoms with Crippen LogP contribution in [0.15, 0.2) is 73.2 Å². The third-order valence-electron chi connectivity index (χ3n) is 7.08. The van der Waals surface area contributed by atoms with Gasteiger partial charge in [0.1, 0.15) is 11.5 Å². The molecule has 6 rings (SSSR count). The minimum Gasteiger partial charge on any atom is -0.354 e. The second-order valence-electron chi connectivity index (χ2n) is 9.64. The molecule has 0 saturated carbocycles. The molecule has 0 radical (unpaired) electrons. The van der Waals surface area contributed by atoms with Crippen molar-refractivity contribution < 1.29 is 0 Å². The summed E-state index contributed by atoms with van der Waals surface area (Å²) in [5.41, 5.74) is 7.37. The number of fused-ring (bicyclic) bond motifs is 2. The fourth-order valence-electron chi connectivity index (χ4n) is 5.09. The number of hydrogen-bond donors (Lipinski definition) is 0. The number of hydrogen-bond acceptors (Lipinski definition) is 5. The average Bonchev–Trinajstić information content (AvgIpc) is 3.31. The largest absolute Gasteiger partial charge is 0.354 e. The summed E-state index contributed by atoms with van der Waals surface area (Å²) in [6.45, 7) is 10.8. The highest BCUT2D eigenvalue weighted by atomic mass is 15.3. The molecule has 1 aromatic carbocycles. The van der Waals surface area contributed by atoms with Crippen molar-refractivity contribution in [3.8, 4) is 22.4 Å². The lowest BCUT2D eigenvalue weighted by molar-refractivity contribution is 0.209. The quantitative estimate of drug-likeness (QED) is 0.355. The van der Waals surface area contributed by atoms with Crippen LogP contribution in [0.4, 0.5) is 5.82 Å². The molecular formula is C29H30N6. The molecule has 0 atom stereocenters. The highest BCUT2D eigenvalue weighted by molar-refractivity contribution is 5.94. The molecule has 176 valence electrons. The van der Waals surface area contributed by atoms with E-state index in [2.05, 4.69) is 87.8 Å². The number of aromatic nitrogens is 4. The second-order valence-corrected chi connectivity index (χ2v) is 9.64. The third kappa shape index (κ3) is 4.04. The lowest BCUT2D eigenvalue weighted by Crippen LogP contribution is -2.49. The number of benzene rings is 1. The number of pyridine rings is 3. The van der Waals surface area contributed by atoms with Gasteiger partial charge in [0.2, 0.25) is 0 Å². The summed E-state index contributed by atoms with van der Waals surface area (Å²) < 4.78 is 2.15. The van der Waals surface area contributed by atoms with Crippen LogP contribution in [-0.2, 0) is 0 Å². The van der Waals surface area contributed by atoms with E-state index in [1.807, 2.05) is 25.4 Å². The van der Waals surface area contributed by atoms with Gasteiger partial charge in [-0.15, -0.1) is 0 Å². The van der Waals surface area contributed by atoms with Crippen LogP contribution >= 0.6 is 0 Å². The van der Waals surface area contributed by atoms with E-state index in [1.54, 1.807) is 0 Å². The first-order valence-corrected chi connectivity index (χ1v) is 12.4. The highest BCUT2D eigenvalue weighted by Gasteiger charge is 2.19. The zero-order valence-electron chi connectivity index (χ0n) is 20.5. The molecule has 0 spiro atoms. The van der Waals surface area contributed by atoms with E-state index < -0.39 is 0 Å². The monoisotopic (exact) mass is 462 g/mol. The minimum atomic E-state index is 0.604. The van der Waals surface area contributed by atoms with Crippen molar-refractivity contribution in [1.29, 1.82) is 0 Å². The summed E-state index contributed by atoms with van der Waals surface area (Å²) in [6, 6.07) is 19.6. The molecule has 0 unspecified atom stereocenters. The zero-order chi connectivity index (χ0) is 23.9. The summed E-state index contributed by atoms with van der Waals surface area (Å²) >= 11 is 0. The van der Waals surface area contributed by atoms with Gasteiger partial charge in [-0.05, 0) is 62.7 Å². The Morgan fingerprint density at radius 2 is 1.66 bits per heavy atom. The van der Waals surface area contributed by atoms with Gasteiger partial charge in [0.05, 0.1) is 17.4 Å². The number of nitrogens with zero attached hydrogens (tertiary/aromatic N) is 6. The molecule has 1 fully saturated rings. The van der Waals surface area contributed by atoms with Crippen molar-refractivity contribution in [3.63, 3.8) is 0 Å². The molecular weight excluding hydrogens is 432 g/mol. The molecule has 0 aliphatic carbocycles. The van der Waals surface area contributed by atoms with Crippen LogP contribution in [0, 0.1) is 6.92 Å². The Bertz CT molecular complexity index is 1490. The van der Waals surface area contributed by atoms with Crippen LogP contribution in [0.2, 0.25) is 0 Å². The number of anilines is 1. The van der Waals surface area contributed by atoms with Crippen LogP contribution in [0.25, 0.3) is 38.9 Å². The SMILES string of the molecule is Cc1cc(-c2cnc3cc(-c4ccc(N5CCN(C(C)C)CC5)nc4)ccn23)c2ccccc2n1. The van der Waals surface area contributed by atoms with E-state index in [-0.39, 0.29) is 0 Å². The van der Waals surface area contributed by atoms with Gasteiger partial charge in [-0.2, -0.15) is 0 Å². The molecule has 0 N–H and O–H groups in total. The summed E-state index contributed by atoms with van der Waals surface area (Å²) in [6.07, 6.45) is 6.05. The Morgan fingerprint density at radius 3 is 2.43 bits per heavy atom. The topological polar surface area (TPSA) is 49.6 Å². The highest BCUT2D eigenvalue weighted by Crippen LogP contribution is 2.31. The van der Waals surface area contributed by atoms with Gasteiger partial charge in [0.15, 0.2) is 0 Å². The van der Waals surface area contributed by atoms with Crippen LogP contribution in [-0.4, -0.2) is 56.5 Å². The predicted molar refractivity (Wildman–Crippen MR) is 143 cm³/mol. The van der Waals surface area contributed by atoms with Crippen LogP contribution in [0.3, 0.4) is 0 Å². The van der Waals surface area contributed by atoms with Gasteiger partial charge in [0, 0.05) is 66.8 Å². The molecule has 1 aliphatic heterocycles. The normalized spacial score (nSPS) is 14.9. The maximum Gasteiger partial charge on any atom is 0.137 e. The summed E-state index contributed by atoms with van der Waals surface area (Å²) in [5, 5.41) is 1.14. The van der Waals surface area contributed by atoms with Crippen molar-refractivity contribution in [2.75, 3.05) is 31.1 Å². The van der Waals surface area contributed by atoms with Crippen molar-refractivity contribution >= 4 is 22.4 Å². The minimum absolute atomic E-state index is 0.604. The molecule has 35 heavy (non-hydrogen) atoms. The first-order valence-electron chi connectivity index (χ1n) is 12.4. The number of para-hydroxylation sites is 1. The van der Waals surface area contributed by atoms with E-state index in [1.165, 1.54) is 0 Å². The Hall–Kier alpha value is -3.77. The summed E-state index contributed by atoms with van der Waals surface area (Å²) in [7, 11) is 0. The molecule has 5 aromatic rings. The number of piperazine rings is 1. The Kier molecular flexibility index (Phi) is 5.46. The van der Waals surface area contributed by atoms with Crippen molar-refractivity contribution in [2.24, 2.45) is 0 Å². The first-order chi connectivity index (χ1) is 17.1. The third-order valence-corrected chi connectivity index (χ3v) is 7.08. The smallest absolute Gasteiger partial charge is 0.137 e. The fraction of sp³-hybridized carbons (Fsp3) is 0.276. The van der Waals surface area contributed by atoms with E-state index in [9.17, 15) is 0 Å². The molecule has 0 amide bonds. The maximum atomic E-state index is 4.80. The van der Waals surface area contributed by atoms with Gasteiger partial charge in [-0.1, -0.05) is 18.2 Å². The van der Waals surface area contributed by atoms with Crippen LogP contribution < -0.4 is 4.90 Å². The molecule has 1 aliphatic rings. The maximum absolute atomic E-state index is 4.80. The summed E-state index contributed by atoms with van der Waals surface area (Å²) in [4.78, 5) is 19.1. The predicted octanol–water partition coefficient (Wildman–Crippen LogP) is 5.45. The zero-order valence-corrected chi connectivity index (χ0v) is 20.5. The van der Waals surface area contributed by atoms with E-state index in [0.29, 0.717) is 6.04 Å². The number of aryl methyl sites for hydroxylation is 1. The average molecular weight is 463 g/mol. The van der Waals surface area contributed by atoms with Gasteiger partial charge in [0.25, 0.3) is 0 Å². The molecule has 0 bridgehead atoms. The van der Waals surface area contributed by atoms with Crippen LogP contribution in [0.1, 0.15) is 19.5 Å². The second kappa shape index (κ2) is 8.78. The van der Waals surface area contributed by atoms with Crippen molar-refractivity contribution in [3.05, 3.63) is 78.9 Å². The van der Waals surface area contributed by atoms with Crippen LogP contribution in [0.5, 0.6) is 0 Å². The first kappa shape index (κ1) is 21.7. The lowest BCUT2D eigenvalue weighted by Gasteiger charge is -2.37. The standard InChI is InChI=1S/C29H30N6/c1-20(2)33-12-14-34(15-13-33)28-9-8-23(18-30-28)22-10-11-35-27(19-31-29(35)17-22)25-16-21(3)32-26-7-5-4-6-24(25)26/h4-11,16-20H,12-15H2,1-3H3. The Morgan fingerprint density at radius 1 is 0.829 bits per heavy atom. The molecule has 4 aromatic heterocycles. The van der Waals surface area contributed by atoms with Gasteiger partial charge >= 0.3 is 0 Å². The summed E-state index contributed by atoms with van der Waals surface area (Å²) in [5.74, 6) is 1.06. The van der Waals surface area contributed by atoms with Crippen molar-refractivity contribution in [1.82, 2.24) is 24.3 Å². The van der Waals surface area contributed by atoms with E-state index >= 15 is 0 Å². The molecule has 6 nitrogen and oxygen atoms in total. The van der Waals surface area contributed by atoms with E-state index in [4.69, 9.17) is 9.97 Å². The molecule has 1 saturated heterocycles. The van der Waals surface area contributed by atoms with E-state index in [0.717, 1.165) is 76.6 Å². The van der Waals surface area contributed by atoms with Crippen molar-refractivity contribution in [2.45, 2.75) is 26.8 Å². The number of imidazole rings is 1. The Labute approximate surface area is 205 Å². The number of rotatable bonds is 4. The lowest BCUT2D eigenvalue weighted by atomic mass is 10.1.